The van der Waals surface area contributed by atoms with E-state index in [1.165, 1.54) is 26.0 Å². The molecule has 1 aromatic carbocycles. The number of alkyl halides is 3. The van der Waals surface area contributed by atoms with Gasteiger partial charge in [0.15, 0.2) is 5.69 Å². The van der Waals surface area contributed by atoms with Gasteiger partial charge in [-0.1, -0.05) is 35.0 Å². The second kappa shape index (κ2) is 8.80. The highest BCUT2D eigenvalue weighted by atomic mass is 35.5. The first-order chi connectivity index (χ1) is 14.7. The van der Waals surface area contributed by atoms with E-state index in [-0.39, 0.29) is 18.9 Å². The van der Waals surface area contributed by atoms with Gasteiger partial charge in [0, 0.05) is 0 Å². The number of carbonyl (C=O) groups excluding carboxylic acids is 2. The van der Waals surface area contributed by atoms with Gasteiger partial charge < -0.3 is 14.0 Å². The number of esters is 2. The SMILES string of the molecule is CCOC(=O)c1onc(-c2c(C(F)(F)F)nn(-c3ccccc3)c2Cl)c1C(=O)OCC. The summed E-state index contributed by atoms with van der Waals surface area (Å²) in [6, 6.07) is 7.80. The van der Waals surface area contributed by atoms with E-state index in [9.17, 15) is 22.8 Å². The Kier molecular flexibility index (Phi) is 6.34. The Labute approximate surface area is 178 Å². The summed E-state index contributed by atoms with van der Waals surface area (Å²) >= 11 is 6.26. The van der Waals surface area contributed by atoms with Crippen molar-refractivity contribution in [2.24, 2.45) is 0 Å². The number of ether oxygens (including phenoxy) is 2. The van der Waals surface area contributed by atoms with E-state index >= 15 is 0 Å². The lowest BCUT2D eigenvalue weighted by molar-refractivity contribution is -0.140. The van der Waals surface area contributed by atoms with Gasteiger partial charge in [0.2, 0.25) is 0 Å². The monoisotopic (exact) mass is 457 g/mol. The van der Waals surface area contributed by atoms with Crippen molar-refractivity contribution in [3.8, 4) is 16.9 Å². The van der Waals surface area contributed by atoms with Gasteiger partial charge in [-0.25, -0.2) is 14.3 Å². The van der Waals surface area contributed by atoms with Gasteiger partial charge >= 0.3 is 18.1 Å². The van der Waals surface area contributed by atoms with Crippen LogP contribution in [0, 0.1) is 0 Å². The van der Waals surface area contributed by atoms with Crippen molar-refractivity contribution in [3.05, 3.63) is 52.5 Å². The largest absolute Gasteiger partial charge is 0.462 e. The Morgan fingerprint density at radius 3 is 2.29 bits per heavy atom. The zero-order chi connectivity index (χ0) is 22.8. The second-order valence-corrected chi connectivity index (χ2v) is 6.29. The molecule has 0 saturated carbocycles. The molecule has 0 atom stereocenters. The number of aromatic nitrogens is 3. The van der Waals surface area contributed by atoms with Crippen LogP contribution in [0.4, 0.5) is 13.2 Å². The molecule has 164 valence electrons. The molecule has 3 rings (SSSR count). The summed E-state index contributed by atoms with van der Waals surface area (Å²) in [6.07, 6.45) is -4.96. The molecule has 12 heteroatoms. The first-order valence-corrected chi connectivity index (χ1v) is 9.33. The average Bonchev–Trinajstić information content (AvgIpc) is 3.30. The fraction of sp³-hybridized carbons (Fsp3) is 0.263. The summed E-state index contributed by atoms with van der Waals surface area (Å²) in [5.41, 5.74) is -3.20. The van der Waals surface area contributed by atoms with E-state index in [0.717, 1.165) is 4.68 Å². The molecule has 0 radical (unpaired) electrons. The molecular weight excluding hydrogens is 443 g/mol. The van der Waals surface area contributed by atoms with E-state index in [1.807, 2.05) is 0 Å². The Hall–Kier alpha value is -3.34. The summed E-state index contributed by atoms with van der Waals surface area (Å²) in [6.45, 7) is 2.80. The molecule has 0 amide bonds. The Bertz CT molecular complexity index is 1110. The molecule has 0 bridgehead atoms. The third-order valence-electron chi connectivity index (χ3n) is 3.97. The summed E-state index contributed by atoms with van der Waals surface area (Å²) in [5, 5.41) is 6.60. The standard InChI is InChI=1S/C19H15ClF3N3O5/c1-3-29-17(27)11-13(25-31-14(11)18(28)30-4-2)12-15(19(21,22)23)24-26(16(12)20)10-8-6-5-7-9-10/h5-9H,3-4H2,1-2H3. The molecule has 3 aromatic rings. The van der Waals surface area contributed by atoms with Crippen LogP contribution >= 0.6 is 11.6 Å². The molecular formula is C19H15ClF3N3O5. The van der Waals surface area contributed by atoms with Gasteiger partial charge in [-0.05, 0) is 26.0 Å². The lowest BCUT2D eigenvalue weighted by Gasteiger charge is -2.06. The number of para-hydroxylation sites is 1. The van der Waals surface area contributed by atoms with Gasteiger partial charge in [0.1, 0.15) is 16.4 Å². The average molecular weight is 458 g/mol. The van der Waals surface area contributed by atoms with E-state index in [1.54, 1.807) is 18.2 Å². The van der Waals surface area contributed by atoms with Crippen LogP contribution in [0.15, 0.2) is 34.9 Å². The van der Waals surface area contributed by atoms with Crippen molar-refractivity contribution in [1.82, 2.24) is 14.9 Å². The number of carbonyl (C=O) groups is 2. The van der Waals surface area contributed by atoms with E-state index in [2.05, 4.69) is 10.3 Å². The van der Waals surface area contributed by atoms with Gasteiger partial charge in [-0.2, -0.15) is 18.3 Å². The summed E-state index contributed by atoms with van der Waals surface area (Å²) in [5.74, 6) is -2.92. The summed E-state index contributed by atoms with van der Waals surface area (Å²) in [7, 11) is 0. The first-order valence-electron chi connectivity index (χ1n) is 8.96. The minimum atomic E-state index is -4.96. The maximum absolute atomic E-state index is 13.8. The Balaban J connectivity index is 2.30. The highest BCUT2D eigenvalue weighted by Crippen LogP contribution is 2.43. The molecule has 0 aliphatic heterocycles. The van der Waals surface area contributed by atoms with Crippen molar-refractivity contribution >= 4 is 23.5 Å². The quantitative estimate of drug-likeness (QED) is 0.501. The highest BCUT2D eigenvalue weighted by Gasteiger charge is 2.43. The number of rotatable bonds is 6. The number of nitrogens with zero attached hydrogens (tertiary/aromatic N) is 3. The smallest absolute Gasteiger partial charge is 0.435 e. The topological polar surface area (TPSA) is 96.5 Å². The molecule has 0 N–H and O–H groups in total. The first kappa shape index (κ1) is 22.3. The molecule has 0 unspecified atom stereocenters. The summed E-state index contributed by atoms with van der Waals surface area (Å²) in [4.78, 5) is 24.7. The van der Waals surface area contributed by atoms with Crippen molar-refractivity contribution in [2.75, 3.05) is 13.2 Å². The predicted octanol–water partition coefficient (Wildman–Crippen LogP) is 4.55. The molecule has 0 aliphatic carbocycles. The number of benzene rings is 1. The Morgan fingerprint density at radius 1 is 1.10 bits per heavy atom. The third-order valence-corrected chi connectivity index (χ3v) is 4.32. The number of halogens is 4. The van der Waals surface area contributed by atoms with E-state index in [4.69, 9.17) is 25.6 Å². The maximum atomic E-state index is 13.8. The highest BCUT2D eigenvalue weighted by molar-refractivity contribution is 6.33. The van der Waals surface area contributed by atoms with Gasteiger partial charge in [0.25, 0.3) is 5.76 Å². The lowest BCUT2D eigenvalue weighted by Crippen LogP contribution is -2.14. The maximum Gasteiger partial charge on any atom is 0.435 e. The minimum Gasteiger partial charge on any atom is -0.462 e. The fourth-order valence-corrected chi connectivity index (χ4v) is 3.05. The van der Waals surface area contributed by atoms with Gasteiger partial charge in [0.05, 0.1) is 24.5 Å². The molecule has 31 heavy (non-hydrogen) atoms. The lowest BCUT2D eigenvalue weighted by atomic mass is 10.1. The van der Waals surface area contributed by atoms with Crippen LogP contribution in [0.1, 0.15) is 40.5 Å². The van der Waals surface area contributed by atoms with Crippen LogP contribution in [-0.2, 0) is 15.7 Å². The van der Waals surface area contributed by atoms with Crippen LogP contribution in [0.25, 0.3) is 16.9 Å². The van der Waals surface area contributed by atoms with Crippen LogP contribution < -0.4 is 0 Å². The number of hydrogen-bond donors (Lipinski definition) is 0. The molecule has 2 aromatic heterocycles. The summed E-state index contributed by atoms with van der Waals surface area (Å²) < 4.78 is 56.8. The fourth-order valence-electron chi connectivity index (χ4n) is 2.74. The predicted molar refractivity (Wildman–Crippen MR) is 101 cm³/mol. The Morgan fingerprint density at radius 2 is 1.71 bits per heavy atom. The zero-order valence-corrected chi connectivity index (χ0v) is 17.0. The van der Waals surface area contributed by atoms with Crippen LogP contribution in [0.3, 0.4) is 0 Å². The van der Waals surface area contributed by atoms with Crippen LogP contribution in [-0.4, -0.2) is 40.1 Å². The van der Waals surface area contributed by atoms with Crippen molar-refractivity contribution < 1.29 is 36.8 Å². The number of hydrogen-bond acceptors (Lipinski definition) is 7. The van der Waals surface area contributed by atoms with Crippen molar-refractivity contribution in [2.45, 2.75) is 20.0 Å². The zero-order valence-electron chi connectivity index (χ0n) is 16.2. The van der Waals surface area contributed by atoms with Crippen LogP contribution in [0.2, 0.25) is 5.15 Å². The molecule has 8 nitrogen and oxygen atoms in total. The minimum absolute atomic E-state index is 0.0718. The van der Waals surface area contributed by atoms with Crippen molar-refractivity contribution in [1.29, 1.82) is 0 Å². The van der Waals surface area contributed by atoms with Crippen LogP contribution in [0.5, 0.6) is 0 Å². The second-order valence-electron chi connectivity index (χ2n) is 5.94. The molecule has 0 saturated heterocycles. The van der Waals surface area contributed by atoms with Crippen molar-refractivity contribution in [3.63, 3.8) is 0 Å². The van der Waals surface area contributed by atoms with E-state index < -0.39 is 51.5 Å². The normalized spacial score (nSPS) is 11.4. The van der Waals surface area contributed by atoms with E-state index in [0.29, 0.717) is 0 Å². The molecule has 0 aliphatic rings. The van der Waals surface area contributed by atoms with Gasteiger partial charge in [-0.15, -0.1) is 0 Å². The molecule has 0 spiro atoms. The molecule has 0 fully saturated rings. The third kappa shape index (κ3) is 4.26. The molecule has 2 heterocycles. The van der Waals surface area contributed by atoms with Gasteiger partial charge in [-0.3, -0.25) is 0 Å².